The summed E-state index contributed by atoms with van der Waals surface area (Å²) >= 11 is 1.57. The zero-order valence-corrected chi connectivity index (χ0v) is 25.0. The first-order chi connectivity index (χ1) is 19.8. The molecule has 2 N–H and O–H groups in total. The number of aliphatic imine (C=N–C) groups is 1. The van der Waals surface area contributed by atoms with E-state index in [9.17, 15) is 14.0 Å². The number of halogens is 1. The number of nitriles is 1. The molecule has 4 rings (SSSR count). The maximum absolute atomic E-state index is 13.7. The number of amidine groups is 1. The number of likely N-dealkylation sites (tertiary alicyclic amines) is 1. The molecule has 11 heteroatoms. The molecule has 2 atom stereocenters. The number of carbonyl (C=O) groups excluding carboxylic acids is 2. The first kappa shape index (κ1) is 33.3. The van der Waals surface area contributed by atoms with Crippen LogP contribution in [0.4, 0.5) is 15.8 Å². The van der Waals surface area contributed by atoms with Gasteiger partial charge < -0.3 is 25.0 Å². The van der Waals surface area contributed by atoms with Crippen LogP contribution in [0.5, 0.6) is 5.75 Å². The molecule has 0 spiro atoms. The van der Waals surface area contributed by atoms with E-state index in [1.165, 1.54) is 25.3 Å². The van der Waals surface area contributed by atoms with Gasteiger partial charge in [0.2, 0.25) is 6.41 Å². The number of hydrogen-bond acceptors (Lipinski definition) is 8. The van der Waals surface area contributed by atoms with Crippen LogP contribution in [0.1, 0.15) is 42.6 Å². The smallest absolute Gasteiger partial charge is 0.260 e. The normalized spacial score (nSPS) is 16.5. The molecule has 2 aromatic carbocycles. The molecule has 41 heavy (non-hydrogen) atoms. The molecule has 2 aliphatic rings. The molecule has 2 unspecified atom stereocenters. The molecule has 2 amide bonds. The maximum Gasteiger partial charge on any atom is 0.260 e. The predicted molar refractivity (Wildman–Crippen MR) is 162 cm³/mol. The summed E-state index contributed by atoms with van der Waals surface area (Å²) in [5, 5.41) is 12.9. The number of methoxy groups -OCH3 is 2. The lowest BCUT2D eigenvalue weighted by molar-refractivity contribution is -0.109. The minimum atomic E-state index is -0.402. The molecule has 0 aromatic heterocycles. The van der Waals surface area contributed by atoms with Crippen LogP contribution in [0.2, 0.25) is 0 Å². The monoisotopic (exact) mass is 583 g/mol. The summed E-state index contributed by atoms with van der Waals surface area (Å²) in [6.07, 6.45) is 3.98. The van der Waals surface area contributed by atoms with Gasteiger partial charge in [0.1, 0.15) is 17.4 Å². The zero-order chi connectivity index (χ0) is 30.4. The number of thioether (sulfide) groups is 1. The van der Waals surface area contributed by atoms with Crippen molar-refractivity contribution in [2.45, 2.75) is 50.6 Å². The minimum Gasteiger partial charge on any atom is -0.496 e. The maximum atomic E-state index is 13.7. The third-order valence-electron chi connectivity index (χ3n) is 6.30. The second-order valence-electron chi connectivity index (χ2n) is 9.23. The Bertz CT molecular complexity index is 1280. The molecule has 1 saturated heterocycles. The van der Waals surface area contributed by atoms with Crippen molar-refractivity contribution >= 4 is 41.3 Å². The number of anilines is 1. The summed E-state index contributed by atoms with van der Waals surface area (Å²) in [5.74, 6) is 1.37. The van der Waals surface area contributed by atoms with Gasteiger partial charge in [-0.2, -0.15) is 5.26 Å². The Morgan fingerprint density at radius 1 is 1.34 bits per heavy atom. The average molecular weight is 584 g/mol. The van der Waals surface area contributed by atoms with Crippen LogP contribution < -0.4 is 15.4 Å². The predicted octanol–water partition coefficient (Wildman–Crippen LogP) is 5.48. The van der Waals surface area contributed by atoms with E-state index >= 15 is 0 Å². The van der Waals surface area contributed by atoms with E-state index in [4.69, 9.17) is 19.7 Å². The van der Waals surface area contributed by atoms with Crippen molar-refractivity contribution in [3.8, 4) is 11.8 Å². The first-order valence-corrected chi connectivity index (χ1v) is 14.2. The topological polar surface area (TPSA) is 116 Å². The SMILES string of the molecule is C=CC#N.CCCNC=O.COCC1CC(C)N1C1=Nc2ccc(OC)c(C(=O)Nc3cc(F)ccc3C)c2SC1. The van der Waals surface area contributed by atoms with Crippen molar-refractivity contribution in [3.05, 3.63) is 59.9 Å². The standard InChI is InChI=1S/C23H26FN3O3S.C4H9NO.C3H3N/c1-13-5-6-15(24)10-18(13)26-23(28)21-19(30-4)8-7-17-22(21)31-12-20(25-17)27-14(2)9-16(27)11-29-3;1-2-3-5-4-6;1-2-3-4/h5-8,10,14,16H,9,11-12H2,1-4H3,(H,26,28);4H,2-3H2,1H3,(H,5,6);2H,1H2. The van der Waals surface area contributed by atoms with Crippen molar-refractivity contribution in [2.75, 3.05) is 38.4 Å². The van der Waals surface area contributed by atoms with Gasteiger partial charge in [0.15, 0.2) is 0 Å². The van der Waals surface area contributed by atoms with Gasteiger partial charge in [-0.25, -0.2) is 9.38 Å². The molecule has 0 radical (unpaired) electrons. The Kier molecular flexibility index (Phi) is 13.9. The lowest BCUT2D eigenvalue weighted by Gasteiger charge is -2.49. The number of fused-ring (bicyclic) bond motifs is 1. The van der Waals surface area contributed by atoms with Crippen molar-refractivity contribution in [3.63, 3.8) is 0 Å². The fourth-order valence-electron chi connectivity index (χ4n) is 4.38. The summed E-state index contributed by atoms with van der Waals surface area (Å²) in [6.45, 7) is 10.6. The van der Waals surface area contributed by atoms with E-state index in [2.05, 4.69) is 29.0 Å². The zero-order valence-electron chi connectivity index (χ0n) is 24.2. The van der Waals surface area contributed by atoms with Gasteiger partial charge in [-0.3, -0.25) is 9.59 Å². The third kappa shape index (κ3) is 9.06. The molecule has 0 saturated carbocycles. The van der Waals surface area contributed by atoms with Crippen molar-refractivity contribution in [1.29, 1.82) is 5.26 Å². The molecular formula is C30H38FN5O4S. The first-order valence-electron chi connectivity index (χ1n) is 13.2. The van der Waals surface area contributed by atoms with Gasteiger partial charge >= 0.3 is 0 Å². The van der Waals surface area contributed by atoms with Gasteiger partial charge in [-0.05, 0) is 56.5 Å². The van der Waals surface area contributed by atoms with Gasteiger partial charge in [-0.1, -0.05) is 19.6 Å². The molecule has 2 aliphatic heterocycles. The molecule has 9 nitrogen and oxygen atoms in total. The van der Waals surface area contributed by atoms with Gasteiger partial charge in [-0.15, -0.1) is 11.8 Å². The van der Waals surface area contributed by atoms with Crippen LogP contribution in [0.15, 0.2) is 52.9 Å². The molecule has 2 aromatic rings. The average Bonchev–Trinajstić information content (AvgIpc) is 2.97. The Morgan fingerprint density at radius 2 is 2.07 bits per heavy atom. The van der Waals surface area contributed by atoms with Crippen molar-refractivity contribution in [2.24, 2.45) is 4.99 Å². The number of allylic oxidation sites excluding steroid dienone is 1. The number of nitrogens with zero attached hydrogens (tertiary/aromatic N) is 3. The van der Waals surface area contributed by atoms with Crippen LogP contribution in [-0.2, 0) is 9.53 Å². The van der Waals surface area contributed by atoms with Gasteiger partial charge in [0.25, 0.3) is 5.91 Å². The van der Waals surface area contributed by atoms with E-state index < -0.39 is 5.82 Å². The highest BCUT2D eigenvalue weighted by atomic mass is 32.2. The number of rotatable bonds is 8. The second kappa shape index (κ2) is 17.0. The van der Waals surface area contributed by atoms with E-state index in [0.29, 0.717) is 47.9 Å². The van der Waals surface area contributed by atoms with Crippen LogP contribution in [0.25, 0.3) is 0 Å². The van der Waals surface area contributed by atoms with Crippen LogP contribution in [-0.4, -0.2) is 68.3 Å². The largest absolute Gasteiger partial charge is 0.496 e. The number of ether oxygens (including phenoxy) is 2. The Hall–Kier alpha value is -3.88. The molecule has 1 fully saturated rings. The minimum absolute atomic E-state index is 0.331. The Balaban J connectivity index is 0.000000507. The number of benzene rings is 2. The van der Waals surface area contributed by atoms with E-state index in [1.54, 1.807) is 37.1 Å². The quantitative estimate of drug-likeness (QED) is 0.240. The Labute approximate surface area is 245 Å². The molecule has 2 heterocycles. The third-order valence-corrected chi connectivity index (χ3v) is 7.40. The highest BCUT2D eigenvalue weighted by molar-refractivity contribution is 8.00. The lowest BCUT2D eigenvalue weighted by atomic mass is 9.94. The summed E-state index contributed by atoms with van der Waals surface area (Å²) < 4.78 is 24.5. The fraction of sp³-hybridized carbons (Fsp3) is 0.400. The summed E-state index contributed by atoms with van der Waals surface area (Å²) in [5.41, 5.74) is 2.37. The van der Waals surface area contributed by atoms with Crippen LogP contribution >= 0.6 is 11.8 Å². The van der Waals surface area contributed by atoms with E-state index in [0.717, 1.165) is 41.4 Å². The summed E-state index contributed by atoms with van der Waals surface area (Å²) in [6, 6.07) is 10.4. The Morgan fingerprint density at radius 3 is 2.63 bits per heavy atom. The molecule has 0 bridgehead atoms. The summed E-state index contributed by atoms with van der Waals surface area (Å²) in [4.78, 5) is 30.6. The molecule has 220 valence electrons. The number of aryl methyl sites for hydroxylation is 1. The highest BCUT2D eigenvalue weighted by Gasteiger charge is 2.38. The number of carbonyl (C=O) groups is 2. The van der Waals surface area contributed by atoms with Crippen LogP contribution in [0, 0.1) is 24.1 Å². The molecular weight excluding hydrogens is 545 g/mol. The fourth-order valence-corrected chi connectivity index (χ4v) is 5.47. The number of amides is 2. The highest BCUT2D eigenvalue weighted by Crippen LogP contribution is 2.43. The number of nitrogens with one attached hydrogen (secondary N) is 2. The van der Waals surface area contributed by atoms with Crippen LogP contribution in [0.3, 0.4) is 0 Å². The number of hydrogen-bond donors (Lipinski definition) is 2. The summed E-state index contributed by atoms with van der Waals surface area (Å²) in [7, 11) is 3.25. The van der Waals surface area contributed by atoms with Crippen molar-refractivity contribution in [1.82, 2.24) is 10.2 Å². The van der Waals surface area contributed by atoms with E-state index in [1.807, 2.05) is 19.9 Å². The van der Waals surface area contributed by atoms with Gasteiger partial charge in [0, 0.05) is 31.5 Å². The van der Waals surface area contributed by atoms with Crippen molar-refractivity contribution < 1.29 is 23.5 Å². The lowest BCUT2D eigenvalue weighted by Crippen LogP contribution is -2.59. The molecule has 0 aliphatic carbocycles. The van der Waals surface area contributed by atoms with Gasteiger partial charge in [0.05, 0.1) is 47.7 Å². The van der Waals surface area contributed by atoms with E-state index in [-0.39, 0.29) is 5.91 Å². The second-order valence-corrected chi connectivity index (χ2v) is 10.2.